The molecule has 0 aliphatic rings. The average Bonchev–Trinajstić information content (AvgIpc) is 1.77. The summed E-state index contributed by atoms with van der Waals surface area (Å²) < 4.78 is 0. The van der Waals surface area contributed by atoms with Crippen LogP contribution < -0.4 is 5.32 Å². The molecule has 0 saturated heterocycles. The van der Waals surface area contributed by atoms with E-state index >= 15 is 0 Å². The van der Waals surface area contributed by atoms with Crippen molar-refractivity contribution < 1.29 is 14.7 Å². The molecule has 82 valence electrons. The highest BCUT2D eigenvalue weighted by Gasteiger charge is 2.17. The van der Waals surface area contributed by atoms with Crippen LogP contribution in [0.2, 0.25) is 0 Å². The van der Waals surface area contributed by atoms with Gasteiger partial charge in [-0.25, -0.2) is 0 Å². The van der Waals surface area contributed by atoms with Crippen molar-refractivity contribution in [3.8, 4) is 0 Å². The maximum atomic E-state index is 11.3. The van der Waals surface area contributed by atoms with Gasteiger partial charge in [0.1, 0.15) is 0 Å². The molecule has 14 heavy (non-hydrogen) atoms. The molecule has 1 amide bonds. The highest BCUT2D eigenvalue weighted by Crippen LogP contribution is 2.08. The van der Waals surface area contributed by atoms with Crippen molar-refractivity contribution in [2.75, 3.05) is 0 Å². The maximum absolute atomic E-state index is 11.3. The van der Waals surface area contributed by atoms with E-state index in [1.54, 1.807) is 6.92 Å². The van der Waals surface area contributed by atoms with Crippen LogP contribution in [0.15, 0.2) is 0 Å². The summed E-state index contributed by atoms with van der Waals surface area (Å²) in [5, 5.41) is 11.3. The topological polar surface area (TPSA) is 66.4 Å². The number of carbonyl (C=O) groups is 2. The highest BCUT2D eigenvalue weighted by molar-refractivity contribution is 5.77. The van der Waals surface area contributed by atoms with Crippen LogP contribution in [0.1, 0.15) is 40.5 Å². The van der Waals surface area contributed by atoms with Crippen molar-refractivity contribution >= 4 is 11.9 Å². The second-order valence-corrected chi connectivity index (χ2v) is 4.71. The molecule has 0 aromatic rings. The lowest BCUT2D eigenvalue weighted by molar-refractivity contribution is -0.138. The van der Waals surface area contributed by atoms with E-state index in [-0.39, 0.29) is 30.2 Å². The van der Waals surface area contributed by atoms with Gasteiger partial charge in [0.05, 0.1) is 0 Å². The number of hydrogen-bond acceptors (Lipinski definition) is 2. The van der Waals surface area contributed by atoms with Crippen LogP contribution in [0.25, 0.3) is 0 Å². The monoisotopic (exact) mass is 201 g/mol. The van der Waals surface area contributed by atoms with Crippen LogP contribution in [-0.2, 0) is 9.59 Å². The van der Waals surface area contributed by atoms with Crippen LogP contribution >= 0.6 is 0 Å². The zero-order valence-corrected chi connectivity index (χ0v) is 9.26. The first kappa shape index (κ1) is 12.9. The first-order chi connectivity index (χ1) is 6.20. The van der Waals surface area contributed by atoms with Gasteiger partial charge in [-0.05, 0) is 26.7 Å². The van der Waals surface area contributed by atoms with Crippen LogP contribution in [0, 0.1) is 5.92 Å². The first-order valence-corrected chi connectivity index (χ1v) is 4.73. The van der Waals surface area contributed by atoms with Gasteiger partial charge in [-0.15, -0.1) is 0 Å². The van der Waals surface area contributed by atoms with E-state index in [0.29, 0.717) is 0 Å². The van der Waals surface area contributed by atoms with Gasteiger partial charge in [-0.1, -0.05) is 6.92 Å². The van der Waals surface area contributed by atoms with Crippen molar-refractivity contribution in [2.45, 2.75) is 46.1 Å². The van der Waals surface area contributed by atoms with E-state index in [2.05, 4.69) is 5.32 Å². The molecular weight excluding hydrogens is 182 g/mol. The average molecular weight is 201 g/mol. The fourth-order valence-electron chi connectivity index (χ4n) is 1.16. The SMILES string of the molecule is C[C@@H](CC(=O)O)CC(=O)NC(C)(C)C. The molecule has 0 aromatic heterocycles. The van der Waals surface area contributed by atoms with Crippen molar-refractivity contribution in [1.82, 2.24) is 5.32 Å². The van der Waals surface area contributed by atoms with E-state index < -0.39 is 5.97 Å². The molecule has 0 fully saturated rings. The van der Waals surface area contributed by atoms with Crippen LogP contribution in [0.3, 0.4) is 0 Å². The quantitative estimate of drug-likeness (QED) is 0.722. The van der Waals surface area contributed by atoms with E-state index in [9.17, 15) is 9.59 Å². The molecule has 1 atom stereocenters. The molecule has 0 aliphatic carbocycles. The number of carboxylic acids is 1. The summed E-state index contributed by atoms with van der Waals surface area (Å²) in [6.45, 7) is 7.45. The highest BCUT2D eigenvalue weighted by atomic mass is 16.4. The summed E-state index contributed by atoms with van der Waals surface area (Å²) in [4.78, 5) is 21.7. The predicted molar refractivity (Wildman–Crippen MR) is 53.9 cm³/mol. The molecule has 0 aliphatic heterocycles. The Bertz CT molecular complexity index is 218. The number of nitrogens with one attached hydrogen (secondary N) is 1. The summed E-state index contributed by atoms with van der Waals surface area (Å²) in [5.41, 5.74) is -0.250. The molecule has 2 N–H and O–H groups in total. The lowest BCUT2D eigenvalue weighted by atomic mass is 10.0. The Balaban J connectivity index is 3.89. The molecule has 0 rings (SSSR count). The van der Waals surface area contributed by atoms with Gasteiger partial charge in [0.2, 0.25) is 5.91 Å². The predicted octanol–water partition coefficient (Wildman–Crippen LogP) is 1.40. The Labute approximate surface area is 84.7 Å². The second kappa shape index (κ2) is 4.98. The Kier molecular flexibility index (Phi) is 4.60. The van der Waals surface area contributed by atoms with Crippen LogP contribution in [0.5, 0.6) is 0 Å². The molecule has 0 bridgehead atoms. The Morgan fingerprint density at radius 3 is 2.14 bits per heavy atom. The maximum Gasteiger partial charge on any atom is 0.303 e. The van der Waals surface area contributed by atoms with E-state index in [1.807, 2.05) is 20.8 Å². The lowest BCUT2D eigenvalue weighted by Gasteiger charge is -2.21. The largest absolute Gasteiger partial charge is 0.481 e. The molecule has 0 radical (unpaired) electrons. The third kappa shape index (κ3) is 7.58. The third-order valence-corrected chi connectivity index (χ3v) is 1.57. The number of carboxylic acid groups (broad SMARTS) is 1. The fourth-order valence-corrected chi connectivity index (χ4v) is 1.16. The number of aliphatic carboxylic acids is 1. The molecule has 0 aromatic carbocycles. The summed E-state index contributed by atoms with van der Waals surface area (Å²) in [5.74, 6) is -1.07. The van der Waals surface area contributed by atoms with Gasteiger partial charge in [-0.3, -0.25) is 9.59 Å². The van der Waals surface area contributed by atoms with Gasteiger partial charge in [0, 0.05) is 18.4 Å². The summed E-state index contributed by atoms with van der Waals surface area (Å²) >= 11 is 0. The Hall–Kier alpha value is -1.06. The van der Waals surface area contributed by atoms with Gasteiger partial charge in [-0.2, -0.15) is 0 Å². The standard InChI is InChI=1S/C10H19NO3/c1-7(6-9(13)14)5-8(12)11-10(2,3)4/h7H,5-6H2,1-4H3,(H,11,12)(H,13,14)/t7-/m1/s1. The van der Waals surface area contributed by atoms with Gasteiger partial charge < -0.3 is 10.4 Å². The summed E-state index contributed by atoms with van der Waals surface area (Å²) in [6.07, 6.45) is 0.307. The minimum Gasteiger partial charge on any atom is -0.481 e. The molecule has 0 spiro atoms. The number of hydrogen-bond donors (Lipinski definition) is 2. The summed E-state index contributed by atoms with van der Waals surface area (Å²) in [6, 6.07) is 0. The fraction of sp³-hybridized carbons (Fsp3) is 0.800. The van der Waals surface area contributed by atoms with Crippen molar-refractivity contribution in [1.29, 1.82) is 0 Å². The third-order valence-electron chi connectivity index (χ3n) is 1.57. The smallest absolute Gasteiger partial charge is 0.303 e. The van der Waals surface area contributed by atoms with E-state index in [1.165, 1.54) is 0 Å². The molecule has 4 heteroatoms. The Morgan fingerprint density at radius 2 is 1.79 bits per heavy atom. The Morgan fingerprint density at radius 1 is 1.29 bits per heavy atom. The van der Waals surface area contributed by atoms with E-state index in [4.69, 9.17) is 5.11 Å². The normalized spacial score (nSPS) is 13.4. The van der Waals surface area contributed by atoms with Crippen LogP contribution in [-0.4, -0.2) is 22.5 Å². The molecule has 0 saturated carbocycles. The number of carbonyl (C=O) groups excluding carboxylic acids is 1. The van der Waals surface area contributed by atoms with Gasteiger partial charge in [0.15, 0.2) is 0 Å². The lowest BCUT2D eigenvalue weighted by Crippen LogP contribution is -2.41. The molecule has 0 unspecified atom stereocenters. The molecule has 0 heterocycles. The molecular formula is C10H19NO3. The van der Waals surface area contributed by atoms with Gasteiger partial charge in [0.25, 0.3) is 0 Å². The number of rotatable bonds is 4. The van der Waals surface area contributed by atoms with Crippen molar-refractivity contribution in [3.63, 3.8) is 0 Å². The van der Waals surface area contributed by atoms with Crippen molar-refractivity contribution in [3.05, 3.63) is 0 Å². The second-order valence-electron chi connectivity index (χ2n) is 4.71. The van der Waals surface area contributed by atoms with Crippen molar-refractivity contribution in [2.24, 2.45) is 5.92 Å². The van der Waals surface area contributed by atoms with E-state index in [0.717, 1.165) is 0 Å². The molecule has 4 nitrogen and oxygen atoms in total. The first-order valence-electron chi connectivity index (χ1n) is 4.73. The van der Waals surface area contributed by atoms with Crippen LogP contribution in [0.4, 0.5) is 0 Å². The summed E-state index contributed by atoms with van der Waals surface area (Å²) in [7, 11) is 0. The minimum atomic E-state index is -0.860. The number of amides is 1. The zero-order valence-electron chi connectivity index (χ0n) is 9.26. The minimum absolute atomic E-state index is 0.0392. The van der Waals surface area contributed by atoms with Gasteiger partial charge >= 0.3 is 5.97 Å². The zero-order chi connectivity index (χ0) is 11.4.